The van der Waals surface area contributed by atoms with Crippen LogP contribution in [0.5, 0.6) is 0 Å². The van der Waals surface area contributed by atoms with Gasteiger partial charge in [0.05, 0.1) is 5.69 Å². The minimum atomic E-state index is -0.464. The molecule has 0 saturated carbocycles. The molecule has 1 aromatic carbocycles. The summed E-state index contributed by atoms with van der Waals surface area (Å²) in [5.74, 6) is 0.452. The first-order valence-electron chi connectivity index (χ1n) is 8.46. The summed E-state index contributed by atoms with van der Waals surface area (Å²) in [5, 5.41) is 13.4. The second-order valence-corrected chi connectivity index (χ2v) is 6.39. The molecule has 132 valence electrons. The van der Waals surface area contributed by atoms with Crippen LogP contribution >= 0.6 is 0 Å². The number of nitrogens with one attached hydrogen (secondary N) is 3. The number of amides is 2. The predicted molar refractivity (Wildman–Crippen MR) is 94.8 cm³/mol. The number of anilines is 1. The zero-order chi connectivity index (χ0) is 17.8. The van der Waals surface area contributed by atoms with E-state index in [2.05, 4.69) is 21.0 Å². The number of benzene rings is 1. The summed E-state index contributed by atoms with van der Waals surface area (Å²) in [4.78, 5) is 24.1. The van der Waals surface area contributed by atoms with Crippen molar-refractivity contribution in [3.8, 4) is 0 Å². The van der Waals surface area contributed by atoms with E-state index in [9.17, 15) is 9.59 Å². The van der Waals surface area contributed by atoms with Gasteiger partial charge in [0.25, 0.3) is 0 Å². The fourth-order valence-corrected chi connectivity index (χ4v) is 2.91. The van der Waals surface area contributed by atoms with E-state index in [-0.39, 0.29) is 17.9 Å². The first kappa shape index (κ1) is 17.2. The van der Waals surface area contributed by atoms with E-state index in [1.54, 1.807) is 10.7 Å². The van der Waals surface area contributed by atoms with Crippen molar-refractivity contribution in [3.05, 3.63) is 47.7 Å². The predicted octanol–water partition coefficient (Wildman–Crippen LogP) is 1.72. The second kappa shape index (κ2) is 7.48. The third kappa shape index (κ3) is 4.45. The Morgan fingerprint density at radius 2 is 2.12 bits per heavy atom. The Bertz CT molecular complexity index is 756. The summed E-state index contributed by atoms with van der Waals surface area (Å²) in [6, 6.07) is 11.7. The number of carbonyl (C=O) groups excluding carboxylic acids is 2. The van der Waals surface area contributed by atoms with Crippen LogP contribution in [-0.4, -0.2) is 27.6 Å². The molecule has 0 aliphatic carbocycles. The van der Waals surface area contributed by atoms with Crippen LogP contribution in [0, 0.1) is 6.92 Å². The first-order valence-corrected chi connectivity index (χ1v) is 8.46. The Balaban J connectivity index is 1.66. The molecule has 7 nitrogen and oxygen atoms in total. The van der Waals surface area contributed by atoms with Gasteiger partial charge in [-0.1, -0.05) is 30.3 Å². The summed E-state index contributed by atoms with van der Waals surface area (Å²) in [6.07, 6.45) is 1.02. The molecule has 1 fully saturated rings. The van der Waals surface area contributed by atoms with E-state index in [1.165, 1.54) is 0 Å². The van der Waals surface area contributed by atoms with Crippen molar-refractivity contribution in [2.45, 2.75) is 45.4 Å². The quantitative estimate of drug-likeness (QED) is 0.773. The Hall–Kier alpha value is -2.67. The van der Waals surface area contributed by atoms with Gasteiger partial charge in [0.2, 0.25) is 11.8 Å². The molecular formula is C18H23N5O2. The minimum absolute atomic E-state index is 0.0363. The zero-order valence-corrected chi connectivity index (χ0v) is 14.5. The molecule has 3 N–H and O–H groups in total. The van der Waals surface area contributed by atoms with Crippen LogP contribution < -0.4 is 16.0 Å². The Labute approximate surface area is 146 Å². The number of hydrogen-bond acceptors (Lipinski definition) is 4. The zero-order valence-electron chi connectivity index (χ0n) is 14.5. The molecule has 2 aromatic rings. The maximum Gasteiger partial charge on any atom is 0.225 e. The average Bonchev–Trinajstić information content (AvgIpc) is 2.93. The molecule has 0 spiro atoms. The lowest BCUT2D eigenvalue weighted by atomic mass is 10.1. The van der Waals surface area contributed by atoms with Crippen LogP contribution in [0.3, 0.4) is 0 Å². The van der Waals surface area contributed by atoms with Crippen LogP contribution in [0.15, 0.2) is 36.4 Å². The lowest BCUT2D eigenvalue weighted by Crippen LogP contribution is -2.52. The van der Waals surface area contributed by atoms with Gasteiger partial charge in [0.1, 0.15) is 5.82 Å². The molecule has 1 aliphatic heterocycles. The van der Waals surface area contributed by atoms with Crippen LogP contribution in [0.1, 0.15) is 37.3 Å². The van der Waals surface area contributed by atoms with E-state index in [4.69, 9.17) is 0 Å². The normalized spacial score (nSPS) is 20.2. The van der Waals surface area contributed by atoms with Crippen molar-refractivity contribution in [3.63, 3.8) is 0 Å². The highest BCUT2D eigenvalue weighted by atomic mass is 16.2. The molecule has 0 bridgehead atoms. The molecule has 1 aromatic heterocycles. The molecule has 0 radical (unpaired) electrons. The molecule has 2 unspecified atom stereocenters. The van der Waals surface area contributed by atoms with Gasteiger partial charge in [-0.2, -0.15) is 5.10 Å². The highest BCUT2D eigenvalue weighted by molar-refractivity contribution is 5.90. The van der Waals surface area contributed by atoms with Gasteiger partial charge in [-0.25, -0.2) is 4.68 Å². The van der Waals surface area contributed by atoms with Gasteiger partial charge >= 0.3 is 0 Å². The van der Waals surface area contributed by atoms with Crippen LogP contribution in [0.4, 0.5) is 5.82 Å². The van der Waals surface area contributed by atoms with Crippen molar-refractivity contribution in [2.24, 2.45) is 0 Å². The highest BCUT2D eigenvalue weighted by Gasteiger charge is 2.26. The fraction of sp³-hybridized carbons (Fsp3) is 0.389. The summed E-state index contributed by atoms with van der Waals surface area (Å²) < 4.78 is 1.61. The molecule has 2 heterocycles. The number of aryl methyl sites for hydroxylation is 2. The number of rotatable bonds is 5. The monoisotopic (exact) mass is 341 g/mol. The third-order valence-electron chi connectivity index (χ3n) is 4.09. The van der Waals surface area contributed by atoms with Gasteiger partial charge in [0.15, 0.2) is 6.29 Å². The SMILES string of the molecule is Cc1cc(NC(=O)CCc2ccccc2)n(C2NC(=O)CC(C)N2)n1. The Morgan fingerprint density at radius 1 is 1.36 bits per heavy atom. The summed E-state index contributed by atoms with van der Waals surface area (Å²) in [5.41, 5.74) is 1.89. The molecule has 2 atom stereocenters. The first-order chi connectivity index (χ1) is 12.0. The fourth-order valence-electron chi connectivity index (χ4n) is 2.91. The van der Waals surface area contributed by atoms with E-state index in [0.717, 1.165) is 11.3 Å². The van der Waals surface area contributed by atoms with Gasteiger partial charge in [-0.15, -0.1) is 0 Å². The molecule has 2 amide bonds. The van der Waals surface area contributed by atoms with Crippen molar-refractivity contribution in [1.29, 1.82) is 0 Å². The summed E-state index contributed by atoms with van der Waals surface area (Å²) in [6.45, 7) is 3.80. The van der Waals surface area contributed by atoms with Crippen molar-refractivity contribution >= 4 is 17.6 Å². The van der Waals surface area contributed by atoms with Crippen molar-refractivity contribution in [1.82, 2.24) is 20.4 Å². The average molecular weight is 341 g/mol. The topological polar surface area (TPSA) is 88.0 Å². The lowest BCUT2D eigenvalue weighted by molar-refractivity contribution is -0.125. The van der Waals surface area contributed by atoms with Crippen molar-refractivity contribution < 1.29 is 9.59 Å². The van der Waals surface area contributed by atoms with Gasteiger partial charge in [-0.3, -0.25) is 14.9 Å². The maximum atomic E-state index is 12.3. The van der Waals surface area contributed by atoms with Crippen LogP contribution in [0.2, 0.25) is 0 Å². The summed E-state index contributed by atoms with van der Waals surface area (Å²) >= 11 is 0. The molecular weight excluding hydrogens is 318 g/mol. The minimum Gasteiger partial charge on any atom is -0.322 e. The molecule has 1 saturated heterocycles. The van der Waals surface area contributed by atoms with Crippen LogP contribution in [-0.2, 0) is 16.0 Å². The molecule has 25 heavy (non-hydrogen) atoms. The largest absolute Gasteiger partial charge is 0.322 e. The maximum absolute atomic E-state index is 12.3. The van der Waals surface area contributed by atoms with E-state index >= 15 is 0 Å². The number of carbonyl (C=O) groups is 2. The molecule has 3 rings (SSSR count). The Morgan fingerprint density at radius 3 is 2.84 bits per heavy atom. The molecule has 7 heteroatoms. The smallest absolute Gasteiger partial charge is 0.225 e. The van der Waals surface area contributed by atoms with Gasteiger partial charge in [0, 0.05) is 24.9 Å². The Kier molecular flexibility index (Phi) is 5.14. The van der Waals surface area contributed by atoms with E-state index < -0.39 is 6.29 Å². The third-order valence-corrected chi connectivity index (χ3v) is 4.09. The highest BCUT2D eigenvalue weighted by Crippen LogP contribution is 2.17. The number of nitrogens with zero attached hydrogens (tertiary/aromatic N) is 2. The second-order valence-electron chi connectivity index (χ2n) is 6.39. The number of hydrogen-bond donors (Lipinski definition) is 3. The molecule has 1 aliphatic rings. The van der Waals surface area contributed by atoms with Gasteiger partial charge in [-0.05, 0) is 25.8 Å². The van der Waals surface area contributed by atoms with Crippen LogP contribution in [0.25, 0.3) is 0 Å². The van der Waals surface area contributed by atoms with Crippen molar-refractivity contribution in [2.75, 3.05) is 5.32 Å². The van der Waals surface area contributed by atoms with E-state index in [0.29, 0.717) is 25.1 Å². The summed E-state index contributed by atoms with van der Waals surface area (Å²) in [7, 11) is 0. The standard InChI is InChI=1S/C18H23N5O2/c1-12-11-17(25)21-18(19-12)23-15(10-13(2)22-23)20-16(24)9-8-14-6-4-3-5-7-14/h3-7,10,12,18-19H,8-9,11H2,1-2H3,(H,20,24)(H,21,25). The lowest BCUT2D eigenvalue weighted by Gasteiger charge is -2.30. The number of aromatic nitrogens is 2. The van der Waals surface area contributed by atoms with Gasteiger partial charge < -0.3 is 10.6 Å². The van der Waals surface area contributed by atoms with E-state index in [1.807, 2.05) is 44.2 Å².